The zero-order valence-corrected chi connectivity index (χ0v) is 20.8. The van der Waals surface area contributed by atoms with E-state index in [0.717, 1.165) is 66.3 Å². The number of aliphatic imine (C=N–C) groups is 1. The molecule has 1 aliphatic rings. The molecule has 1 amide bonds. The van der Waals surface area contributed by atoms with Crippen LogP contribution < -0.4 is 16.8 Å². The van der Waals surface area contributed by atoms with E-state index in [2.05, 4.69) is 46.5 Å². The number of carbonyl (C=O) groups excluding carboxylic acids is 1. The number of thiazole rings is 1. The maximum atomic E-state index is 12.4. The van der Waals surface area contributed by atoms with Crippen LogP contribution in [0, 0.1) is 5.92 Å². The molecule has 0 atom stereocenters. The highest BCUT2D eigenvalue weighted by Crippen LogP contribution is 2.35. The van der Waals surface area contributed by atoms with Crippen molar-refractivity contribution in [1.29, 1.82) is 0 Å². The molecule has 2 heterocycles. The molecule has 9 heteroatoms. The van der Waals surface area contributed by atoms with Crippen LogP contribution in [0.25, 0.3) is 10.4 Å². The standard InChI is InChI=1S/C26H32N6O2S/c1-2-22-23(35-25(30-22)31-24(27)28)20-8-10-21(11-9-20)29-16-18-12-14-32(15-13-18)26(33)34-17-19-6-4-3-5-7-19/h3-11,18,29H,2,12-17H2,1H3,(H4,27,28,30,31). The molecule has 8 nitrogen and oxygen atoms in total. The smallest absolute Gasteiger partial charge is 0.410 e. The molecular formula is C26H32N6O2S. The third-order valence-corrected chi connectivity index (χ3v) is 7.11. The summed E-state index contributed by atoms with van der Waals surface area (Å²) in [7, 11) is 0. The van der Waals surface area contributed by atoms with Crippen LogP contribution in [0.4, 0.5) is 15.6 Å². The highest BCUT2D eigenvalue weighted by Gasteiger charge is 2.23. The summed E-state index contributed by atoms with van der Waals surface area (Å²) >= 11 is 1.49. The van der Waals surface area contributed by atoms with Gasteiger partial charge in [-0.15, -0.1) is 0 Å². The van der Waals surface area contributed by atoms with E-state index in [-0.39, 0.29) is 12.1 Å². The summed E-state index contributed by atoms with van der Waals surface area (Å²) in [4.78, 5) is 23.9. The highest BCUT2D eigenvalue weighted by molar-refractivity contribution is 7.18. The number of carbonyl (C=O) groups is 1. The molecule has 0 unspecified atom stereocenters. The lowest BCUT2D eigenvalue weighted by Gasteiger charge is -2.31. The van der Waals surface area contributed by atoms with Crippen molar-refractivity contribution >= 4 is 34.2 Å². The summed E-state index contributed by atoms with van der Waals surface area (Å²) in [6.07, 6.45) is 2.50. The Bertz CT molecular complexity index is 1130. The number of guanidine groups is 1. The average molecular weight is 493 g/mol. The van der Waals surface area contributed by atoms with Gasteiger partial charge in [0.1, 0.15) is 6.61 Å². The number of nitrogens with two attached hydrogens (primary N) is 2. The zero-order chi connectivity index (χ0) is 24.6. The van der Waals surface area contributed by atoms with Crippen molar-refractivity contribution < 1.29 is 9.53 Å². The number of ether oxygens (including phenoxy) is 1. The number of likely N-dealkylation sites (tertiary alicyclic amines) is 1. The summed E-state index contributed by atoms with van der Waals surface area (Å²) in [5.41, 5.74) is 15.2. The topological polar surface area (TPSA) is 119 Å². The van der Waals surface area contributed by atoms with Crippen molar-refractivity contribution in [3.63, 3.8) is 0 Å². The van der Waals surface area contributed by atoms with E-state index >= 15 is 0 Å². The van der Waals surface area contributed by atoms with E-state index < -0.39 is 0 Å². The quantitative estimate of drug-likeness (QED) is 0.309. The van der Waals surface area contributed by atoms with Gasteiger partial charge in [-0.05, 0) is 48.4 Å². The number of aromatic nitrogens is 1. The molecule has 1 saturated heterocycles. The molecule has 1 aromatic heterocycles. The van der Waals surface area contributed by atoms with Crippen LogP contribution in [0.15, 0.2) is 59.6 Å². The van der Waals surface area contributed by atoms with Gasteiger partial charge in [0, 0.05) is 25.3 Å². The molecule has 0 spiro atoms. The van der Waals surface area contributed by atoms with Gasteiger partial charge >= 0.3 is 6.09 Å². The van der Waals surface area contributed by atoms with Gasteiger partial charge < -0.3 is 26.4 Å². The first-order valence-corrected chi connectivity index (χ1v) is 12.7. The van der Waals surface area contributed by atoms with Crippen molar-refractivity contribution in [2.24, 2.45) is 22.4 Å². The number of nitrogens with zero attached hydrogens (tertiary/aromatic N) is 3. The minimum atomic E-state index is -0.228. The number of anilines is 1. The summed E-state index contributed by atoms with van der Waals surface area (Å²) < 4.78 is 5.46. The summed E-state index contributed by atoms with van der Waals surface area (Å²) in [5, 5.41) is 4.12. The van der Waals surface area contributed by atoms with Crippen LogP contribution in [0.2, 0.25) is 0 Å². The first kappa shape index (κ1) is 24.5. The van der Waals surface area contributed by atoms with Crippen LogP contribution in [0.3, 0.4) is 0 Å². The molecule has 2 aromatic carbocycles. The largest absolute Gasteiger partial charge is 0.445 e. The molecule has 3 aromatic rings. The summed E-state index contributed by atoms with van der Waals surface area (Å²) in [6.45, 7) is 4.71. The fraction of sp³-hybridized carbons (Fsp3) is 0.346. The molecule has 0 saturated carbocycles. The number of benzene rings is 2. The Hall–Kier alpha value is -3.59. The van der Waals surface area contributed by atoms with Crippen molar-refractivity contribution in [3.05, 3.63) is 65.9 Å². The zero-order valence-electron chi connectivity index (χ0n) is 19.9. The lowest BCUT2D eigenvalue weighted by molar-refractivity contribution is 0.0832. The Balaban J connectivity index is 1.24. The van der Waals surface area contributed by atoms with Gasteiger partial charge in [0.25, 0.3) is 0 Å². The first-order valence-electron chi connectivity index (χ1n) is 11.9. The van der Waals surface area contributed by atoms with Crippen molar-refractivity contribution in [1.82, 2.24) is 9.88 Å². The monoisotopic (exact) mass is 492 g/mol. The van der Waals surface area contributed by atoms with Crippen molar-refractivity contribution in [2.45, 2.75) is 32.8 Å². The lowest BCUT2D eigenvalue weighted by atomic mass is 9.97. The second kappa shape index (κ2) is 11.7. The molecule has 5 N–H and O–H groups in total. The predicted molar refractivity (Wildman–Crippen MR) is 142 cm³/mol. The molecule has 184 valence electrons. The van der Waals surface area contributed by atoms with Crippen LogP contribution in [0.1, 0.15) is 31.0 Å². The second-order valence-corrected chi connectivity index (χ2v) is 9.57. The van der Waals surface area contributed by atoms with E-state index in [1.54, 1.807) is 0 Å². The first-order chi connectivity index (χ1) is 17.0. The third kappa shape index (κ3) is 6.73. The maximum absolute atomic E-state index is 12.4. The fourth-order valence-electron chi connectivity index (χ4n) is 4.09. The molecule has 0 radical (unpaired) electrons. The normalized spacial score (nSPS) is 13.9. The number of rotatable bonds is 8. The summed E-state index contributed by atoms with van der Waals surface area (Å²) in [6, 6.07) is 18.1. The van der Waals surface area contributed by atoms with E-state index in [1.807, 2.05) is 35.2 Å². The molecule has 4 rings (SSSR count). The van der Waals surface area contributed by atoms with Gasteiger partial charge in [-0.3, -0.25) is 0 Å². The van der Waals surface area contributed by atoms with Crippen molar-refractivity contribution in [3.8, 4) is 10.4 Å². The SMILES string of the molecule is CCc1nc(N=C(N)N)sc1-c1ccc(NCC2CCN(C(=O)OCc3ccccc3)CC2)cc1. The van der Waals surface area contributed by atoms with E-state index in [9.17, 15) is 4.79 Å². The number of hydrogen-bond donors (Lipinski definition) is 3. The van der Waals surface area contributed by atoms with Gasteiger partial charge in [-0.25, -0.2) is 9.78 Å². The van der Waals surface area contributed by atoms with Crippen LogP contribution >= 0.6 is 11.3 Å². The van der Waals surface area contributed by atoms with Crippen LogP contribution in [-0.2, 0) is 17.8 Å². The predicted octanol–water partition coefficient (Wildman–Crippen LogP) is 4.74. The Morgan fingerprint density at radius 2 is 1.86 bits per heavy atom. The van der Waals surface area contributed by atoms with Gasteiger partial charge in [0.05, 0.1) is 10.6 Å². The van der Waals surface area contributed by atoms with E-state index in [1.165, 1.54) is 11.3 Å². The number of hydrogen-bond acceptors (Lipinski definition) is 6. The Labute approximate surface area is 210 Å². The Morgan fingerprint density at radius 3 is 2.51 bits per heavy atom. The van der Waals surface area contributed by atoms with Crippen LogP contribution in [-0.4, -0.2) is 41.6 Å². The number of aryl methyl sites for hydroxylation is 1. The Kier molecular flexibility index (Phi) is 8.20. The second-order valence-electron chi connectivity index (χ2n) is 8.59. The molecule has 0 bridgehead atoms. The molecular weight excluding hydrogens is 460 g/mol. The van der Waals surface area contributed by atoms with Gasteiger partial charge in [0.15, 0.2) is 5.96 Å². The minimum absolute atomic E-state index is 0.0161. The number of piperidine rings is 1. The van der Waals surface area contributed by atoms with Crippen molar-refractivity contribution in [2.75, 3.05) is 25.0 Å². The lowest BCUT2D eigenvalue weighted by Crippen LogP contribution is -2.40. The molecule has 1 fully saturated rings. The number of nitrogens with one attached hydrogen (secondary N) is 1. The molecule has 0 aliphatic carbocycles. The third-order valence-electron chi connectivity index (χ3n) is 6.07. The Morgan fingerprint density at radius 1 is 1.14 bits per heavy atom. The van der Waals surface area contributed by atoms with E-state index in [0.29, 0.717) is 17.7 Å². The summed E-state index contributed by atoms with van der Waals surface area (Å²) in [5.74, 6) is 0.533. The minimum Gasteiger partial charge on any atom is -0.445 e. The number of amides is 1. The van der Waals surface area contributed by atoms with Gasteiger partial charge in [0.2, 0.25) is 5.13 Å². The fourth-order valence-corrected chi connectivity index (χ4v) is 5.15. The highest BCUT2D eigenvalue weighted by atomic mass is 32.1. The van der Waals surface area contributed by atoms with E-state index in [4.69, 9.17) is 16.2 Å². The average Bonchev–Trinajstić information content (AvgIpc) is 3.29. The molecule has 35 heavy (non-hydrogen) atoms. The van der Waals surface area contributed by atoms with Gasteiger partial charge in [-0.1, -0.05) is 60.7 Å². The van der Waals surface area contributed by atoms with Crippen LogP contribution in [0.5, 0.6) is 0 Å². The molecule has 1 aliphatic heterocycles. The van der Waals surface area contributed by atoms with Gasteiger partial charge in [-0.2, -0.15) is 4.99 Å². The maximum Gasteiger partial charge on any atom is 0.410 e.